The van der Waals surface area contributed by atoms with E-state index in [-0.39, 0.29) is 6.10 Å². The van der Waals surface area contributed by atoms with E-state index in [0.717, 1.165) is 26.4 Å². The Bertz CT molecular complexity index is 142. The van der Waals surface area contributed by atoms with Crippen LogP contribution in [-0.2, 0) is 9.47 Å². The minimum absolute atomic E-state index is 0.264. The number of fused-ring (bicyclic) bond motifs is 1. The Morgan fingerprint density at radius 2 is 2.27 bits per heavy atom. The van der Waals surface area contributed by atoms with Gasteiger partial charge in [0.1, 0.15) is 0 Å². The Labute approximate surface area is 66.4 Å². The summed E-state index contributed by atoms with van der Waals surface area (Å²) in [4.78, 5) is 0. The summed E-state index contributed by atoms with van der Waals surface area (Å²) in [6.45, 7) is 3.20. The van der Waals surface area contributed by atoms with Crippen LogP contribution < -0.4 is 5.32 Å². The predicted molar refractivity (Wildman–Crippen MR) is 41.5 cm³/mol. The van der Waals surface area contributed by atoms with Crippen molar-refractivity contribution >= 4 is 0 Å². The lowest BCUT2D eigenvalue weighted by atomic mass is 10.2. The second kappa shape index (κ2) is 3.34. The summed E-state index contributed by atoms with van der Waals surface area (Å²) in [6, 6.07) is 0.403. The second-order valence-electron chi connectivity index (χ2n) is 2.90. The summed E-state index contributed by atoms with van der Waals surface area (Å²) in [5.41, 5.74) is 0. The number of nitrogens with one attached hydrogen (secondary N) is 1. The Kier molecular flexibility index (Phi) is 2.21. The van der Waals surface area contributed by atoms with Crippen LogP contribution in [0.4, 0.5) is 0 Å². The van der Waals surface area contributed by atoms with Crippen LogP contribution in [0.25, 0.3) is 0 Å². The summed E-state index contributed by atoms with van der Waals surface area (Å²) in [6.07, 6.45) is 4.40. The van der Waals surface area contributed by atoms with E-state index in [1.165, 1.54) is 0 Å². The third-order valence-corrected chi connectivity index (χ3v) is 2.10. The molecule has 0 saturated carbocycles. The summed E-state index contributed by atoms with van der Waals surface area (Å²) in [5.74, 6) is 0. The van der Waals surface area contributed by atoms with E-state index in [0.29, 0.717) is 6.04 Å². The molecular formula is C8H13NO2. The fourth-order valence-corrected chi connectivity index (χ4v) is 1.44. The highest BCUT2D eigenvalue weighted by Gasteiger charge is 2.28. The molecule has 3 nitrogen and oxygen atoms in total. The summed E-state index contributed by atoms with van der Waals surface area (Å²) < 4.78 is 10.8. The molecule has 62 valence electrons. The molecule has 0 unspecified atom stereocenters. The van der Waals surface area contributed by atoms with E-state index in [9.17, 15) is 0 Å². The van der Waals surface area contributed by atoms with Gasteiger partial charge in [-0.05, 0) is 0 Å². The number of ether oxygens (including phenoxy) is 2. The zero-order chi connectivity index (χ0) is 7.52. The molecule has 0 spiro atoms. The van der Waals surface area contributed by atoms with Gasteiger partial charge in [0.2, 0.25) is 0 Å². The lowest BCUT2D eigenvalue weighted by Crippen LogP contribution is -2.41. The minimum Gasteiger partial charge on any atom is -0.377 e. The fourth-order valence-electron chi connectivity index (χ4n) is 1.44. The molecular weight excluding hydrogens is 142 g/mol. The summed E-state index contributed by atoms with van der Waals surface area (Å²) in [5, 5.41) is 3.35. The van der Waals surface area contributed by atoms with Crippen LogP contribution in [-0.4, -0.2) is 38.5 Å². The molecule has 0 aromatic rings. The zero-order valence-corrected chi connectivity index (χ0v) is 6.45. The highest BCUT2D eigenvalue weighted by atomic mass is 16.5. The normalized spacial score (nSPS) is 40.7. The van der Waals surface area contributed by atoms with Crippen LogP contribution in [0.3, 0.4) is 0 Å². The summed E-state index contributed by atoms with van der Waals surface area (Å²) >= 11 is 0. The van der Waals surface area contributed by atoms with Crippen molar-refractivity contribution in [2.45, 2.75) is 12.1 Å². The van der Waals surface area contributed by atoms with Gasteiger partial charge < -0.3 is 14.8 Å². The van der Waals surface area contributed by atoms with Crippen molar-refractivity contribution in [3.8, 4) is 0 Å². The largest absolute Gasteiger partial charge is 0.377 e. The lowest BCUT2D eigenvalue weighted by molar-refractivity contribution is 0.0495. The molecule has 0 radical (unpaired) electrons. The van der Waals surface area contributed by atoms with E-state index in [1.807, 2.05) is 6.08 Å². The Balaban J connectivity index is 1.97. The van der Waals surface area contributed by atoms with E-state index in [4.69, 9.17) is 9.47 Å². The Hall–Kier alpha value is -0.380. The Morgan fingerprint density at radius 1 is 1.27 bits per heavy atom. The SMILES string of the molecule is C1=C\CO[C@@H]2COC[C@H]2NC/1. The maximum atomic E-state index is 5.53. The molecule has 0 aromatic carbocycles. The first-order valence-electron chi connectivity index (χ1n) is 4.04. The van der Waals surface area contributed by atoms with Gasteiger partial charge in [-0.15, -0.1) is 0 Å². The van der Waals surface area contributed by atoms with Gasteiger partial charge in [-0.2, -0.15) is 0 Å². The number of hydrogen-bond donors (Lipinski definition) is 1. The highest BCUT2D eigenvalue weighted by Crippen LogP contribution is 2.10. The van der Waals surface area contributed by atoms with Crippen molar-refractivity contribution < 1.29 is 9.47 Å². The third kappa shape index (κ3) is 1.61. The highest BCUT2D eigenvalue weighted by molar-refractivity contribution is 4.92. The average molecular weight is 155 g/mol. The van der Waals surface area contributed by atoms with E-state index in [2.05, 4.69) is 11.4 Å². The smallest absolute Gasteiger partial charge is 0.0987 e. The fraction of sp³-hybridized carbons (Fsp3) is 0.750. The van der Waals surface area contributed by atoms with Crippen LogP contribution in [0.5, 0.6) is 0 Å². The molecule has 1 N–H and O–H groups in total. The van der Waals surface area contributed by atoms with Crippen molar-refractivity contribution in [3.63, 3.8) is 0 Å². The van der Waals surface area contributed by atoms with Crippen LogP contribution in [0, 0.1) is 0 Å². The second-order valence-corrected chi connectivity index (χ2v) is 2.90. The van der Waals surface area contributed by atoms with E-state index in [1.54, 1.807) is 0 Å². The predicted octanol–water partition coefficient (Wildman–Crippen LogP) is -0.0702. The Morgan fingerprint density at radius 3 is 3.27 bits per heavy atom. The molecule has 2 aliphatic heterocycles. The molecule has 2 heterocycles. The van der Waals surface area contributed by atoms with Crippen molar-refractivity contribution in [1.29, 1.82) is 0 Å². The van der Waals surface area contributed by atoms with Crippen molar-refractivity contribution in [2.75, 3.05) is 26.4 Å². The van der Waals surface area contributed by atoms with E-state index < -0.39 is 0 Å². The van der Waals surface area contributed by atoms with Gasteiger partial charge in [0.05, 0.1) is 32.0 Å². The first-order chi connectivity index (χ1) is 5.47. The first kappa shape index (κ1) is 7.28. The van der Waals surface area contributed by atoms with Crippen LogP contribution in [0.2, 0.25) is 0 Å². The molecule has 1 saturated heterocycles. The average Bonchev–Trinajstić information content (AvgIpc) is 2.35. The maximum Gasteiger partial charge on any atom is 0.0987 e. The van der Waals surface area contributed by atoms with Gasteiger partial charge in [0.25, 0.3) is 0 Å². The monoisotopic (exact) mass is 155 g/mol. The summed E-state index contributed by atoms with van der Waals surface area (Å²) in [7, 11) is 0. The van der Waals surface area contributed by atoms with Crippen molar-refractivity contribution in [2.24, 2.45) is 0 Å². The standard InChI is InChI=1S/C8H13NO2/c1-2-4-11-8-6-10-5-7(8)9-3-1/h1-2,7-9H,3-6H2/b2-1-/t7-,8-/m1/s1. The number of hydrogen-bond acceptors (Lipinski definition) is 3. The quantitative estimate of drug-likeness (QED) is 0.497. The zero-order valence-electron chi connectivity index (χ0n) is 6.45. The van der Waals surface area contributed by atoms with Gasteiger partial charge in [-0.1, -0.05) is 12.2 Å². The van der Waals surface area contributed by atoms with Gasteiger partial charge in [-0.3, -0.25) is 0 Å². The third-order valence-electron chi connectivity index (χ3n) is 2.10. The molecule has 0 aromatic heterocycles. The molecule has 2 aliphatic rings. The first-order valence-corrected chi connectivity index (χ1v) is 4.04. The molecule has 2 atom stereocenters. The van der Waals surface area contributed by atoms with Crippen LogP contribution in [0.1, 0.15) is 0 Å². The van der Waals surface area contributed by atoms with Gasteiger partial charge in [-0.25, -0.2) is 0 Å². The minimum atomic E-state index is 0.264. The molecule has 1 fully saturated rings. The molecule has 0 amide bonds. The van der Waals surface area contributed by atoms with E-state index >= 15 is 0 Å². The number of rotatable bonds is 0. The molecule has 11 heavy (non-hydrogen) atoms. The van der Waals surface area contributed by atoms with Crippen molar-refractivity contribution in [1.82, 2.24) is 5.32 Å². The topological polar surface area (TPSA) is 30.5 Å². The van der Waals surface area contributed by atoms with Gasteiger partial charge in [0.15, 0.2) is 0 Å². The molecule has 2 rings (SSSR count). The maximum absolute atomic E-state index is 5.53. The molecule has 0 aliphatic carbocycles. The molecule has 0 bridgehead atoms. The molecule has 3 heteroatoms. The van der Waals surface area contributed by atoms with Crippen molar-refractivity contribution in [3.05, 3.63) is 12.2 Å². The lowest BCUT2D eigenvalue weighted by Gasteiger charge is -2.19. The van der Waals surface area contributed by atoms with Gasteiger partial charge >= 0.3 is 0 Å². The van der Waals surface area contributed by atoms with Gasteiger partial charge in [0, 0.05) is 6.54 Å². The van der Waals surface area contributed by atoms with Crippen LogP contribution in [0.15, 0.2) is 12.2 Å². The van der Waals surface area contributed by atoms with Crippen LogP contribution >= 0.6 is 0 Å².